The number of para-hydroxylation sites is 2. The molecule has 0 aliphatic carbocycles. The number of aromatic nitrogens is 3. The SMILES string of the molecule is COc1ccccc1Oc1c(Cl)nc(-c2ccncc2)nc1NS(=O)(=O)C=Cc1ccccc1. The monoisotopic (exact) mass is 494 g/mol. The minimum absolute atomic E-state index is 0.0688. The van der Waals surface area contributed by atoms with Crippen molar-refractivity contribution < 1.29 is 17.9 Å². The molecule has 0 amide bonds. The molecule has 2 aromatic heterocycles. The highest BCUT2D eigenvalue weighted by Crippen LogP contribution is 2.39. The highest BCUT2D eigenvalue weighted by Gasteiger charge is 2.21. The fourth-order valence-electron chi connectivity index (χ4n) is 2.93. The third-order valence-electron chi connectivity index (χ3n) is 4.52. The van der Waals surface area contributed by atoms with Gasteiger partial charge in [0.2, 0.25) is 5.75 Å². The summed E-state index contributed by atoms with van der Waals surface area (Å²) in [6.07, 6.45) is 4.60. The molecule has 0 saturated carbocycles. The molecule has 172 valence electrons. The van der Waals surface area contributed by atoms with Crippen molar-refractivity contribution in [3.05, 3.63) is 95.2 Å². The van der Waals surface area contributed by atoms with Crippen LogP contribution in [-0.4, -0.2) is 30.5 Å². The van der Waals surface area contributed by atoms with Gasteiger partial charge in [-0.2, -0.15) is 0 Å². The number of pyridine rings is 1. The van der Waals surface area contributed by atoms with Gasteiger partial charge in [-0.1, -0.05) is 54.1 Å². The Bertz CT molecular complexity index is 1420. The van der Waals surface area contributed by atoms with Crippen LogP contribution in [0.3, 0.4) is 0 Å². The Morgan fingerprint density at radius 1 is 0.912 bits per heavy atom. The van der Waals surface area contributed by atoms with Crippen molar-refractivity contribution in [3.63, 3.8) is 0 Å². The molecule has 0 spiro atoms. The Hall–Kier alpha value is -3.95. The van der Waals surface area contributed by atoms with Crippen LogP contribution in [0.15, 0.2) is 84.5 Å². The minimum Gasteiger partial charge on any atom is -0.493 e. The van der Waals surface area contributed by atoms with Crippen LogP contribution in [0, 0.1) is 0 Å². The van der Waals surface area contributed by atoms with E-state index in [1.165, 1.54) is 13.2 Å². The molecular formula is C24H19ClN4O4S. The number of sulfonamides is 1. The van der Waals surface area contributed by atoms with E-state index in [9.17, 15) is 8.42 Å². The Labute approximate surface area is 202 Å². The van der Waals surface area contributed by atoms with Crippen molar-refractivity contribution in [2.75, 3.05) is 11.8 Å². The average Bonchev–Trinajstić information content (AvgIpc) is 2.86. The zero-order valence-electron chi connectivity index (χ0n) is 17.9. The van der Waals surface area contributed by atoms with Gasteiger partial charge < -0.3 is 9.47 Å². The van der Waals surface area contributed by atoms with Gasteiger partial charge in [-0.15, -0.1) is 0 Å². The molecule has 0 saturated heterocycles. The highest BCUT2D eigenvalue weighted by atomic mass is 35.5. The Kier molecular flexibility index (Phi) is 7.05. The van der Waals surface area contributed by atoms with Gasteiger partial charge in [0.15, 0.2) is 28.3 Å². The number of nitrogens with one attached hydrogen (secondary N) is 1. The Balaban J connectivity index is 1.76. The van der Waals surface area contributed by atoms with E-state index in [1.54, 1.807) is 60.9 Å². The molecule has 4 aromatic rings. The molecule has 0 atom stereocenters. The number of ether oxygens (including phenoxy) is 2. The first-order valence-electron chi connectivity index (χ1n) is 10.00. The molecule has 2 heterocycles. The summed E-state index contributed by atoms with van der Waals surface area (Å²) < 4.78 is 39.4. The van der Waals surface area contributed by atoms with Crippen LogP contribution in [0.4, 0.5) is 5.82 Å². The van der Waals surface area contributed by atoms with Gasteiger partial charge in [0.1, 0.15) is 0 Å². The number of nitrogens with zero attached hydrogens (tertiary/aromatic N) is 3. The first kappa shape index (κ1) is 23.2. The maximum Gasteiger partial charge on any atom is 0.256 e. The predicted octanol–water partition coefficient (Wildman–Crippen LogP) is 5.41. The molecule has 4 rings (SSSR count). The number of anilines is 1. The van der Waals surface area contributed by atoms with Gasteiger partial charge in [-0.3, -0.25) is 9.71 Å². The van der Waals surface area contributed by atoms with E-state index in [2.05, 4.69) is 19.7 Å². The number of methoxy groups -OCH3 is 1. The molecule has 0 unspecified atom stereocenters. The summed E-state index contributed by atoms with van der Waals surface area (Å²) in [5.41, 5.74) is 1.32. The summed E-state index contributed by atoms with van der Waals surface area (Å²) in [6.45, 7) is 0. The molecule has 0 aliphatic heterocycles. The maximum atomic E-state index is 12.9. The largest absolute Gasteiger partial charge is 0.493 e. The molecule has 34 heavy (non-hydrogen) atoms. The number of halogens is 1. The maximum absolute atomic E-state index is 12.9. The van der Waals surface area contributed by atoms with Crippen LogP contribution in [0.5, 0.6) is 17.2 Å². The van der Waals surface area contributed by atoms with Crippen LogP contribution >= 0.6 is 11.6 Å². The second kappa shape index (κ2) is 10.3. The number of rotatable bonds is 8. The molecule has 10 heteroatoms. The third-order valence-corrected chi connectivity index (χ3v) is 5.75. The van der Waals surface area contributed by atoms with E-state index in [4.69, 9.17) is 21.1 Å². The zero-order valence-corrected chi connectivity index (χ0v) is 19.5. The van der Waals surface area contributed by atoms with Crippen molar-refractivity contribution in [1.29, 1.82) is 0 Å². The summed E-state index contributed by atoms with van der Waals surface area (Å²) >= 11 is 6.45. The molecule has 1 N–H and O–H groups in total. The van der Waals surface area contributed by atoms with E-state index < -0.39 is 10.0 Å². The lowest BCUT2D eigenvalue weighted by Gasteiger charge is -2.15. The summed E-state index contributed by atoms with van der Waals surface area (Å²) in [5.74, 6) is 0.739. The van der Waals surface area contributed by atoms with Crippen LogP contribution in [0.1, 0.15) is 5.56 Å². The fourth-order valence-corrected chi connectivity index (χ4v) is 3.95. The van der Waals surface area contributed by atoms with Gasteiger partial charge >= 0.3 is 0 Å². The van der Waals surface area contributed by atoms with Crippen molar-refractivity contribution in [2.24, 2.45) is 0 Å². The molecule has 2 aromatic carbocycles. The summed E-state index contributed by atoms with van der Waals surface area (Å²) in [7, 11) is -2.49. The van der Waals surface area contributed by atoms with E-state index in [1.807, 2.05) is 18.2 Å². The predicted molar refractivity (Wildman–Crippen MR) is 131 cm³/mol. The van der Waals surface area contributed by atoms with E-state index in [-0.39, 0.29) is 22.5 Å². The summed E-state index contributed by atoms with van der Waals surface area (Å²) in [6, 6.07) is 19.3. The van der Waals surface area contributed by atoms with Gasteiger partial charge in [0, 0.05) is 18.0 Å². The first-order valence-corrected chi connectivity index (χ1v) is 11.9. The smallest absolute Gasteiger partial charge is 0.256 e. The second-order valence-corrected chi connectivity index (χ2v) is 8.79. The standard InChI is InChI=1S/C24H19ClN4O4S/c1-32-19-9-5-6-10-20(19)33-21-22(25)27-23(18-11-14-26-15-12-18)28-24(21)29-34(30,31)16-13-17-7-3-2-4-8-17/h2-16H,1H3,(H,27,28,29). The minimum atomic E-state index is -3.98. The van der Waals surface area contributed by atoms with Crippen molar-refractivity contribution in [1.82, 2.24) is 15.0 Å². The molecule has 0 aliphatic rings. The molecule has 0 bridgehead atoms. The fraction of sp³-hybridized carbons (Fsp3) is 0.0417. The second-order valence-electron chi connectivity index (χ2n) is 6.87. The topological polar surface area (TPSA) is 103 Å². The van der Waals surface area contributed by atoms with Crippen LogP contribution < -0.4 is 14.2 Å². The Morgan fingerprint density at radius 2 is 1.59 bits per heavy atom. The zero-order chi connectivity index (χ0) is 24.0. The van der Waals surface area contributed by atoms with Gasteiger partial charge in [-0.25, -0.2) is 18.4 Å². The van der Waals surface area contributed by atoms with E-state index in [0.29, 0.717) is 17.1 Å². The van der Waals surface area contributed by atoms with Gasteiger partial charge in [-0.05, 0) is 35.9 Å². The molecule has 8 nitrogen and oxygen atoms in total. The quantitative estimate of drug-likeness (QED) is 0.327. The lowest BCUT2D eigenvalue weighted by Crippen LogP contribution is -2.12. The van der Waals surface area contributed by atoms with Crippen molar-refractivity contribution >= 4 is 33.5 Å². The van der Waals surface area contributed by atoms with Crippen molar-refractivity contribution in [2.45, 2.75) is 0 Å². The lowest BCUT2D eigenvalue weighted by atomic mass is 10.2. The Morgan fingerprint density at radius 3 is 2.29 bits per heavy atom. The molecule has 0 radical (unpaired) electrons. The summed E-state index contributed by atoms with van der Waals surface area (Å²) in [5, 5.41) is 0.953. The van der Waals surface area contributed by atoms with Gasteiger partial charge in [0.05, 0.1) is 12.5 Å². The van der Waals surface area contributed by atoms with E-state index in [0.717, 1.165) is 11.0 Å². The van der Waals surface area contributed by atoms with Crippen LogP contribution in [-0.2, 0) is 10.0 Å². The average molecular weight is 495 g/mol. The van der Waals surface area contributed by atoms with E-state index >= 15 is 0 Å². The summed E-state index contributed by atoms with van der Waals surface area (Å²) in [4.78, 5) is 12.6. The highest BCUT2D eigenvalue weighted by molar-refractivity contribution is 7.95. The number of hydrogen-bond donors (Lipinski definition) is 1. The van der Waals surface area contributed by atoms with Crippen LogP contribution in [0.2, 0.25) is 5.15 Å². The van der Waals surface area contributed by atoms with Crippen molar-refractivity contribution in [3.8, 4) is 28.6 Å². The normalized spacial score (nSPS) is 11.4. The molecular weight excluding hydrogens is 476 g/mol. The third kappa shape index (κ3) is 5.69. The molecule has 0 fully saturated rings. The lowest BCUT2D eigenvalue weighted by molar-refractivity contribution is 0.378. The number of benzene rings is 2. The van der Waals surface area contributed by atoms with Crippen LogP contribution in [0.25, 0.3) is 17.5 Å². The van der Waals surface area contributed by atoms with Gasteiger partial charge in [0.25, 0.3) is 10.0 Å². The first-order chi connectivity index (χ1) is 16.4. The number of hydrogen-bond acceptors (Lipinski definition) is 7.